The third-order valence-corrected chi connectivity index (χ3v) is 5.34. The van der Waals surface area contributed by atoms with Gasteiger partial charge in [-0.05, 0) is 37.2 Å². The number of hydrogen-bond donors (Lipinski definition) is 1. The third-order valence-electron chi connectivity index (χ3n) is 5.34. The highest BCUT2D eigenvalue weighted by Gasteiger charge is 2.51. The molecule has 0 aromatic heterocycles. The van der Waals surface area contributed by atoms with E-state index in [9.17, 15) is 14.7 Å². The van der Waals surface area contributed by atoms with E-state index in [4.69, 9.17) is 4.74 Å². The molecule has 1 unspecified atom stereocenters. The molecule has 3 rings (SSSR count). The summed E-state index contributed by atoms with van der Waals surface area (Å²) in [6, 6.07) is 9.57. The van der Waals surface area contributed by atoms with E-state index in [1.165, 1.54) is 0 Å². The Morgan fingerprint density at radius 3 is 2.57 bits per heavy atom. The summed E-state index contributed by atoms with van der Waals surface area (Å²) in [5.74, 6) is -0.653. The molecule has 5 nitrogen and oxygen atoms in total. The van der Waals surface area contributed by atoms with Crippen LogP contribution in [0.4, 0.5) is 4.79 Å². The first-order valence-electron chi connectivity index (χ1n) is 8.31. The Labute approximate surface area is 136 Å². The van der Waals surface area contributed by atoms with Crippen LogP contribution in [0, 0.1) is 11.3 Å². The molecule has 1 aromatic rings. The normalized spacial score (nSPS) is 23.0. The summed E-state index contributed by atoms with van der Waals surface area (Å²) < 4.78 is 5.38. The van der Waals surface area contributed by atoms with Crippen molar-refractivity contribution in [2.45, 2.75) is 38.7 Å². The van der Waals surface area contributed by atoms with Crippen LogP contribution in [0.25, 0.3) is 0 Å². The molecule has 0 radical (unpaired) electrons. The minimum Gasteiger partial charge on any atom is -0.481 e. The lowest BCUT2D eigenvalue weighted by molar-refractivity contribution is -0.162. The lowest BCUT2D eigenvalue weighted by Gasteiger charge is -2.47. The van der Waals surface area contributed by atoms with Crippen molar-refractivity contribution in [3.8, 4) is 0 Å². The first kappa shape index (κ1) is 15.8. The van der Waals surface area contributed by atoms with Crippen LogP contribution >= 0.6 is 0 Å². The molecule has 1 atom stereocenters. The maximum absolute atomic E-state index is 12.3. The average molecular weight is 317 g/mol. The van der Waals surface area contributed by atoms with Crippen LogP contribution in [0.2, 0.25) is 0 Å². The molecule has 2 aliphatic rings. The number of hydrogen-bond acceptors (Lipinski definition) is 3. The average Bonchev–Trinajstić information content (AvgIpc) is 2.52. The number of carboxylic acids is 1. The number of rotatable bonds is 4. The number of nitrogens with zero attached hydrogens (tertiary/aromatic N) is 1. The molecule has 23 heavy (non-hydrogen) atoms. The number of carbonyl (C=O) groups is 2. The van der Waals surface area contributed by atoms with Crippen molar-refractivity contribution >= 4 is 12.1 Å². The predicted octanol–water partition coefficient (Wildman–Crippen LogP) is 3.29. The fourth-order valence-corrected chi connectivity index (χ4v) is 3.76. The lowest BCUT2D eigenvalue weighted by Crippen LogP contribution is -2.52. The van der Waals surface area contributed by atoms with Crippen molar-refractivity contribution in [2.75, 3.05) is 13.1 Å². The second kappa shape index (κ2) is 6.60. The number of amides is 1. The van der Waals surface area contributed by atoms with Crippen LogP contribution in [0.5, 0.6) is 0 Å². The van der Waals surface area contributed by atoms with Crippen molar-refractivity contribution in [3.63, 3.8) is 0 Å². The van der Waals surface area contributed by atoms with Gasteiger partial charge in [0.15, 0.2) is 0 Å². The molecule has 0 spiro atoms. The maximum Gasteiger partial charge on any atom is 0.410 e. The lowest BCUT2D eigenvalue weighted by atomic mass is 9.59. The van der Waals surface area contributed by atoms with Gasteiger partial charge >= 0.3 is 12.1 Å². The van der Waals surface area contributed by atoms with Crippen LogP contribution in [-0.2, 0) is 16.1 Å². The van der Waals surface area contributed by atoms with Crippen LogP contribution < -0.4 is 0 Å². The number of carboxylic acid groups (broad SMARTS) is 1. The quantitative estimate of drug-likeness (QED) is 0.925. The Morgan fingerprint density at radius 1 is 1.22 bits per heavy atom. The number of aliphatic carboxylic acids is 1. The zero-order valence-electron chi connectivity index (χ0n) is 13.2. The number of likely N-dealkylation sites (tertiary alicyclic amines) is 1. The Hall–Kier alpha value is -2.04. The summed E-state index contributed by atoms with van der Waals surface area (Å²) in [6.07, 6.45) is 3.84. The molecule has 1 saturated carbocycles. The minimum atomic E-state index is -0.701. The molecule has 124 valence electrons. The molecule has 1 saturated heterocycles. The molecule has 1 amide bonds. The Balaban J connectivity index is 1.57. The van der Waals surface area contributed by atoms with Crippen molar-refractivity contribution in [1.29, 1.82) is 0 Å². The topological polar surface area (TPSA) is 66.8 Å². The number of carbonyl (C=O) groups excluding carboxylic acids is 1. The van der Waals surface area contributed by atoms with Gasteiger partial charge in [-0.2, -0.15) is 0 Å². The maximum atomic E-state index is 12.3. The summed E-state index contributed by atoms with van der Waals surface area (Å²) in [5.41, 5.74) is 0.341. The molecular formula is C18H23NO4. The molecule has 2 fully saturated rings. The Morgan fingerprint density at radius 2 is 1.96 bits per heavy atom. The summed E-state index contributed by atoms with van der Waals surface area (Å²) in [6.45, 7) is 1.41. The largest absolute Gasteiger partial charge is 0.481 e. The van der Waals surface area contributed by atoms with Crippen molar-refractivity contribution in [2.24, 2.45) is 11.3 Å². The van der Waals surface area contributed by atoms with Gasteiger partial charge in [0.1, 0.15) is 6.61 Å². The van der Waals surface area contributed by atoms with E-state index in [1.54, 1.807) is 4.90 Å². The molecule has 1 aliphatic carbocycles. The van der Waals surface area contributed by atoms with E-state index < -0.39 is 11.4 Å². The SMILES string of the molecule is O=C(OCc1ccccc1)N1CCCC(C2(C(=O)O)CCC2)C1. The van der Waals surface area contributed by atoms with E-state index >= 15 is 0 Å². The summed E-state index contributed by atoms with van der Waals surface area (Å²) in [7, 11) is 0. The van der Waals surface area contributed by atoms with Gasteiger partial charge in [0, 0.05) is 13.1 Å². The highest BCUT2D eigenvalue weighted by Crippen LogP contribution is 2.50. The summed E-state index contributed by atoms with van der Waals surface area (Å²) in [4.78, 5) is 25.6. The summed E-state index contributed by atoms with van der Waals surface area (Å²) in [5, 5.41) is 9.58. The first-order valence-corrected chi connectivity index (χ1v) is 8.31. The Kier molecular flexibility index (Phi) is 4.55. The van der Waals surface area contributed by atoms with Gasteiger partial charge in [0.05, 0.1) is 5.41 Å². The first-order chi connectivity index (χ1) is 11.1. The highest BCUT2D eigenvalue weighted by molar-refractivity contribution is 5.76. The zero-order chi connectivity index (χ0) is 16.3. The monoisotopic (exact) mass is 317 g/mol. The zero-order valence-corrected chi connectivity index (χ0v) is 13.2. The van der Waals surface area contributed by atoms with Gasteiger partial charge in [-0.1, -0.05) is 36.8 Å². The van der Waals surface area contributed by atoms with Gasteiger partial charge in [0.2, 0.25) is 0 Å². The van der Waals surface area contributed by atoms with E-state index in [0.29, 0.717) is 13.1 Å². The summed E-state index contributed by atoms with van der Waals surface area (Å²) >= 11 is 0. The van der Waals surface area contributed by atoms with E-state index in [2.05, 4.69) is 0 Å². The van der Waals surface area contributed by atoms with Crippen LogP contribution in [0.3, 0.4) is 0 Å². The smallest absolute Gasteiger partial charge is 0.410 e. The molecule has 1 N–H and O–H groups in total. The standard InChI is InChI=1S/C18H23NO4/c20-16(21)18(9-5-10-18)15-8-4-11-19(12-15)17(22)23-13-14-6-2-1-3-7-14/h1-3,6-7,15H,4-5,8-13H2,(H,20,21). The van der Waals surface area contributed by atoms with Crippen LogP contribution in [0.15, 0.2) is 30.3 Å². The van der Waals surface area contributed by atoms with Gasteiger partial charge in [-0.25, -0.2) is 4.79 Å². The minimum absolute atomic E-state index is 0.0479. The second-order valence-corrected chi connectivity index (χ2v) is 6.64. The predicted molar refractivity (Wildman–Crippen MR) is 84.8 cm³/mol. The van der Waals surface area contributed by atoms with Crippen molar-refractivity contribution in [1.82, 2.24) is 4.90 Å². The fourth-order valence-electron chi connectivity index (χ4n) is 3.76. The molecule has 0 bridgehead atoms. The van der Waals surface area contributed by atoms with E-state index in [-0.39, 0.29) is 18.6 Å². The van der Waals surface area contributed by atoms with Crippen molar-refractivity contribution in [3.05, 3.63) is 35.9 Å². The molecule has 5 heteroatoms. The number of benzene rings is 1. The van der Waals surface area contributed by atoms with Gasteiger partial charge < -0.3 is 14.7 Å². The molecule has 1 heterocycles. The van der Waals surface area contributed by atoms with Crippen molar-refractivity contribution < 1.29 is 19.4 Å². The van der Waals surface area contributed by atoms with E-state index in [0.717, 1.165) is 37.7 Å². The van der Waals surface area contributed by atoms with E-state index in [1.807, 2.05) is 30.3 Å². The van der Waals surface area contributed by atoms with Crippen LogP contribution in [0.1, 0.15) is 37.7 Å². The second-order valence-electron chi connectivity index (χ2n) is 6.64. The molecule has 1 aliphatic heterocycles. The van der Waals surface area contributed by atoms with Gasteiger partial charge in [-0.15, -0.1) is 0 Å². The Bertz CT molecular complexity index is 568. The molecule has 1 aromatic carbocycles. The number of ether oxygens (including phenoxy) is 1. The fraction of sp³-hybridized carbons (Fsp3) is 0.556. The third kappa shape index (κ3) is 3.19. The van der Waals surface area contributed by atoms with Gasteiger partial charge in [-0.3, -0.25) is 4.79 Å². The van der Waals surface area contributed by atoms with Crippen LogP contribution in [-0.4, -0.2) is 35.2 Å². The highest BCUT2D eigenvalue weighted by atomic mass is 16.6. The van der Waals surface area contributed by atoms with Gasteiger partial charge in [0.25, 0.3) is 0 Å². The number of piperidine rings is 1. The molecular weight excluding hydrogens is 294 g/mol.